The molecule has 2 aliphatic rings. The maximum atomic E-state index is 6.12. The summed E-state index contributed by atoms with van der Waals surface area (Å²) < 4.78 is 0. The summed E-state index contributed by atoms with van der Waals surface area (Å²) in [6, 6.07) is 2.00. The Hall–Kier alpha value is -0.120. The van der Waals surface area contributed by atoms with Crippen LogP contribution in [0.3, 0.4) is 0 Å². The molecule has 20 heavy (non-hydrogen) atoms. The van der Waals surface area contributed by atoms with Crippen LogP contribution in [0.2, 0.25) is 0 Å². The highest BCUT2D eigenvalue weighted by molar-refractivity contribution is 4.87. The lowest BCUT2D eigenvalue weighted by atomic mass is 9.89. The predicted octanol–water partition coefficient (Wildman–Crippen LogP) is 2.70. The minimum Gasteiger partial charge on any atom is -0.328 e. The van der Waals surface area contributed by atoms with E-state index in [4.69, 9.17) is 5.73 Å². The SMILES string of the molecule is CCC(CC)N1CCC(N2CCC[C@H]([C@@H](C)N)C2)CC1. The van der Waals surface area contributed by atoms with Crippen molar-refractivity contribution in [2.45, 2.75) is 77.4 Å². The lowest BCUT2D eigenvalue weighted by Gasteiger charge is -2.44. The molecule has 0 aromatic heterocycles. The van der Waals surface area contributed by atoms with E-state index in [1.165, 1.54) is 64.7 Å². The zero-order chi connectivity index (χ0) is 14.5. The molecule has 2 heterocycles. The third-order valence-electron chi connectivity index (χ3n) is 5.71. The third kappa shape index (κ3) is 3.96. The van der Waals surface area contributed by atoms with Crippen molar-refractivity contribution >= 4 is 0 Å². The Morgan fingerprint density at radius 2 is 1.70 bits per heavy atom. The molecule has 2 rings (SSSR count). The van der Waals surface area contributed by atoms with Crippen molar-refractivity contribution in [2.24, 2.45) is 11.7 Å². The minimum atomic E-state index is 0.363. The largest absolute Gasteiger partial charge is 0.328 e. The second kappa shape index (κ2) is 7.77. The summed E-state index contributed by atoms with van der Waals surface area (Å²) in [6.07, 6.45) is 8.01. The van der Waals surface area contributed by atoms with Gasteiger partial charge in [0.15, 0.2) is 0 Å². The molecule has 2 aliphatic heterocycles. The van der Waals surface area contributed by atoms with Gasteiger partial charge in [0, 0.05) is 24.7 Å². The van der Waals surface area contributed by atoms with Crippen LogP contribution in [-0.2, 0) is 0 Å². The summed E-state index contributed by atoms with van der Waals surface area (Å²) in [6.45, 7) is 12.0. The molecule has 0 amide bonds. The van der Waals surface area contributed by atoms with E-state index in [0.717, 1.165) is 18.0 Å². The molecule has 2 saturated heterocycles. The van der Waals surface area contributed by atoms with Crippen molar-refractivity contribution < 1.29 is 0 Å². The summed E-state index contributed by atoms with van der Waals surface area (Å²) in [7, 11) is 0. The van der Waals surface area contributed by atoms with E-state index in [1.807, 2.05) is 0 Å². The Morgan fingerprint density at radius 3 is 2.25 bits per heavy atom. The first-order valence-electron chi connectivity index (χ1n) is 8.89. The first-order valence-corrected chi connectivity index (χ1v) is 8.89. The van der Waals surface area contributed by atoms with E-state index in [0.29, 0.717) is 6.04 Å². The van der Waals surface area contributed by atoms with Crippen molar-refractivity contribution in [2.75, 3.05) is 26.2 Å². The van der Waals surface area contributed by atoms with Crippen molar-refractivity contribution in [3.05, 3.63) is 0 Å². The average Bonchev–Trinajstić information content (AvgIpc) is 2.49. The highest BCUT2D eigenvalue weighted by atomic mass is 15.2. The van der Waals surface area contributed by atoms with Gasteiger partial charge in [-0.15, -0.1) is 0 Å². The minimum absolute atomic E-state index is 0.363. The predicted molar refractivity (Wildman–Crippen MR) is 86.9 cm³/mol. The van der Waals surface area contributed by atoms with Crippen LogP contribution in [0.15, 0.2) is 0 Å². The lowest BCUT2D eigenvalue weighted by Crippen LogP contribution is -2.52. The number of rotatable bonds is 5. The van der Waals surface area contributed by atoms with Gasteiger partial charge in [-0.1, -0.05) is 13.8 Å². The van der Waals surface area contributed by atoms with Gasteiger partial charge >= 0.3 is 0 Å². The summed E-state index contributed by atoms with van der Waals surface area (Å²) in [5.74, 6) is 0.723. The van der Waals surface area contributed by atoms with Crippen molar-refractivity contribution in [1.29, 1.82) is 0 Å². The zero-order valence-corrected chi connectivity index (χ0v) is 13.9. The molecule has 3 nitrogen and oxygen atoms in total. The molecule has 0 saturated carbocycles. The smallest absolute Gasteiger partial charge is 0.0120 e. The van der Waals surface area contributed by atoms with Crippen molar-refractivity contribution in [1.82, 2.24) is 9.80 Å². The Kier molecular flexibility index (Phi) is 6.31. The van der Waals surface area contributed by atoms with Crippen LogP contribution in [0, 0.1) is 5.92 Å². The summed E-state index contributed by atoms with van der Waals surface area (Å²) in [5, 5.41) is 0. The van der Waals surface area contributed by atoms with Gasteiger partial charge in [0.2, 0.25) is 0 Å². The molecule has 0 aliphatic carbocycles. The molecule has 0 unspecified atom stereocenters. The fourth-order valence-electron chi connectivity index (χ4n) is 4.22. The van der Waals surface area contributed by atoms with Crippen molar-refractivity contribution in [3.63, 3.8) is 0 Å². The molecular weight excluding hydrogens is 246 g/mol. The number of piperidine rings is 2. The topological polar surface area (TPSA) is 32.5 Å². The first kappa shape index (κ1) is 16.3. The molecule has 0 aromatic carbocycles. The molecule has 2 fully saturated rings. The molecule has 0 aromatic rings. The molecule has 0 spiro atoms. The monoisotopic (exact) mass is 281 g/mol. The first-order chi connectivity index (χ1) is 9.65. The molecule has 2 atom stereocenters. The van der Waals surface area contributed by atoms with E-state index in [9.17, 15) is 0 Å². The van der Waals surface area contributed by atoms with Crippen LogP contribution < -0.4 is 5.73 Å². The molecule has 2 N–H and O–H groups in total. The Bertz CT molecular complexity index is 267. The lowest BCUT2D eigenvalue weighted by molar-refractivity contribution is 0.0512. The molecule has 3 heteroatoms. The fraction of sp³-hybridized carbons (Fsp3) is 1.00. The van der Waals surface area contributed by atoms with Crippen LogP contribution >= 0.6 is 0 Å². The molecule has 0 radical (unpaired) electrons. The summed E-state index contributed by atoms with van der Waals surface area (Å²) in [5.41, 5.74) is 6.12. The number of nitrogens with two attached hydrogens (primary N) is 1. The van der Waals surface area contributed by atoms with Gasteiger partial charge < -0.3 is 10.6 Å². The zero-order valence-electron chi connectivity index (χ0n) is 13.9. The van der Waals surface area contributed by atoms with Gasteiger partial charge in [-0.2, -0.15) is 0 Å². The average molecular weight is 281 g/mol. The second-order valence-corrected chi connectivity index (χ2v) is 6.99. The van der Waals surface area contributed by atoms with Gasteiger partial charge in [-0.05, 0) is 71.0 Å². The van der Waals surface area contributed by atoms with Gasteiger partial charge in [0.25, 0.3) is 0 Å². The summed E-state index contributed by atoms with van der Waals surface area (Å²) >= 11 is 0. The maximum absolute atomic E-state index is 6.12. The van der Waals surface area contributed by atoms with Crippen LogP contribution in [0.1, 0.15) is 59.3 Å². The van der Waals surface area contributed by atoms with Gasteiger partial charge in [-0.25, -0.2) is 0 Å². The maximum Gasteiger partial charge on any atom is 0.0120 e. The van der Waals surface area contributed by atoms with Crippen LogP contribution in [-0.4, -0.2) is 54.1 Å². The van der Waals surface area contributed by atoms with Crippen LogP contribution in [0.5, 0.6) is 0 Å². The Morgan fingerprint density at radius 1 is 1.05 bits per heavy atom. The van der Waals surface area contributed by atoms with E-state index in [1.54, 1.807) is 0 Å². The number of hydrogen-bond acceptors (Lipinski definition) is 3. The van der Waals surface area contributed by atoms with E-state index >= 15 is 0 Å². The highest BCUT2D eigenvalue weighted by Gasteiger charge is 2.31. The molecule has 118 valence electrons. The van der Waals surface area contributed by atoms with E-state index < -0.39 is 0 Å². The standard InChI is InChI=1S/C17H35N3/c1-4-16(5-2)19-11-8-17(9-12-19)20-10-6-7-15(13-20)14(3)18/h14-17H,4-13,18H2,1-3H3/t14-,15+/m1/s1. The highest BCUT2D eigenvalue weighted by Crippen LogP contribution is 2.26. The Labute approximate surface area is 125 Å². The quantitative estimate of drug-likeness (QED) is 0.841. The molecular formula is C17H35N3. The second-order valence-electron chi connectivity index (χ2n) is 6.99. The third-order valence-corrected chi connectivity index (χ3v) is 5.71. The number of hydrogen-bond donors (Lipinski definition) is 1. The van der Waals surface area contributed by atoms with Crippen LogP contribution in [0.4, 0.5) is 0 Å². The van der Waals surface area contributed by atoms with Crippen molar-refractivity contribution in [3.8, 4) is 0 Å². The van der Waals surface area contributed by atoms with Gasteiger partial charge in [-0.3, -0.25) is 4.90 Å². The van der Waals surface area contributed by atoms with Gasteiger partial charge in [0.05, 0.1) is 0 Å². The number of likely N-dealkylation sites (tertiary alicyclic amines) is 2. The van der Waals surface area contributed by atoms with E-state index in [2.05, 4.69) is 30.6 Å². The normalized spacial score (nSPS) is 28.9. The van der Waals surface area contributed by atoms with E-state index in [-0.39, 0.29) is 0 Å². The fourth-order valence-corrected chi connectivity index (χ4v) is 4.22. The Balaban J connectivity index is 1.81. The van der Waals surface area contributed by atoms with Crippen LogP contribution in [0.25, 0.3) is 0 Å². The summed E-state index contributed by atoms with van der Waals surface area (Å²) in [4.78, 5) is 5.48. The molecule has 0 bridgehead atoms. The number of nitrogens with zero attached hydrogens (tertiary/aromatic N) is 2. The van der Waals surface area contributed by atoms with Gasteiger partial charge in [0.1, 0.15) is 0 Å².